The summed E-state index contributed by atoms with van der Waals surface area (Å²) >= 11 is 5.97. The normalized spacial score (nSPS) is 10.4. The van der Waals surface area contributed by atoms with Crippen molar-refractivity contribution in [3.8, 4) is 5.75 Å². The maximum Gasteiger partial charge on any atom is 0.161 e. The van der Waals surface area contributed by atoms with Crippen molar-refractivity contribution in [3.63, 3.8) is 0 Å². The number of ketones is 1. The molecular weight excluding hydrogens is 252 g/mol. The third-order valence-electron chi connectivity index (χ3n) is 2.46. The molecule has 0 amide bonds. The molecule has 100 valence electrons. The zero-order chi connectivity index (χ0) is 13.4. The molecule has 0 fully saturated rings. The number of halogens is 1. The minimum Gasteiger partial charge on any atom is -0.491 e. The van der Waals surface area contributed by atoms with Crippen molar-refractivity contribution in [2.75, 3.05) is 19.8 Å². The predicted octanol–water partition coefficient (Wildman–Crippen LogP) is 3.74. The summed E-state index contributed by atoms with van der Waals surface area (Å²) in [6.45, 7) is 5.43. The Morgan fingerprint density at radius 3 is 2.67 bits per heavy atom. The second-order valence-corrected chi connectivity index (χ2v) is 4.42. The number of carbonyl (C=O) groups is 1. The molecule has 1 rings (SSSR count). The molecule has 0 radical (unpaired) electrons. The number of carbonyl (C=O) groups excluding carboxylic acids is 1. The van der Waals surface area contributed by atoms with Gasteiger partial charge in [0, 0.05) is 12.2 Å². The highest BCUT2D eigenvalue weighted by Crippen LogP contribution is 2.22. The van der Waals surface area contributed by atoms with E-state index in [4.69, 9.17) is 21.1 Å². The van der Waals surface area contributed by atoms with Crippen LogP contribution in [0.4, 0.5) is 0 Å². The maximum atomic E-state index is 11.2. The van der Waals surface area contributed by atoms with Crippen molar-refractivity contribution in [3.05, 3.63) is 28.8 Å². The van der Waals surface area contributed by atoms with Gasteiger partial charge in [0.25, 0.3) is 0 Å². The molecule has 0 unspecified atom stereocenters. The summed E-state index contributed by atoms with van der Waals surface area (Å²) < 4.78 is 10.9. The van der Waals surface area contributed by atoms with Gasteiger partial charge >= 0.3 is 0 Å². The molecule has 0 aliphatic carbocycles. The average molecular weight is 271 g/mol. The van der Waals surface area contributed by atoms with Gasteiger partial charge in [0.2, 0.25) is 0 Å². The number of hydrogen-bond acceptors (Lipinski definition) is 3. The van der Waals surface area contributed by atoms with E-state index >= 15 is 0 Å². The van der Waals surface area contributed by atoms with E-state index in [1.54, 1.807) is 18.2 Å². The van der Waals surface area contributed by atoms with E-state index in [9.17, 15) is 4.79 Å². The molecule has 0 atom stereocenters. The van der Waals surface area contributed by atoms with E-state index < -0.39 is 0 Å². The van der Waals surface area contributed by atoms with Gasteiger partial charge in [-0.15, -0.1) is 0 Å². The lowest BCUT2D eigenvalue weighted by molar-refractivity contribution is 0.0979. The first-order valence-corrected chi connectivity index (χ1v) is 6.54. The zero-order valence-corrected chi connectivity index (χ0v) is 11.6. The highest BCUT2D eigenvalue weighted by molar-refractivity contribution is 6.34. The summed E-state index contributed by atoms with van der Waals surface area (Å²) in [7, 11) is 0. The van der Waals surface area contributed by atoms with E-state index in [2.05, 4.69) is 6.92 Å². The van der Waals surface area contributed by atoms with E-state index in [0.717, 1.165) is 19.4 Å². The maximum absolute atomic E-state index is 11.2. The number of hydrogen-bond donors (Lipinski definition) is 0. The fourth-order valence-electron chi connectivity index (χ4n) is 1.44. The second-order valence-electron chi connectivity index (χ2n) is 4.01. The molecule has 0 aliphatic rings. The number of rotatable bonds is 8. The average Bonchev–Trinajstić information content (AvgIpc) is 2.33. The monoisotopic (exact) mass is 270 g/mol. The summed E-state index contributed by atoms with van der Waals surface area (Å²) in [4.78, 5) is 11.2. The summed E-state index contributed by atoms with van der Waals surface area (Å²) in [5.74, 6) is 0.610. The molecule has 0 spiro atoms. The van der Waals surface area contributed by atoms with Crippen LogP contribution in [0.1, 0.15) is 37.0 Å². The molecule has 4 heteroatoms. The van der Waals surface area contributed by atoms with E-state index in [-0.39, 0.29) is 5.78 Å². The van der Waals surface area contributed by atoms with Gasteiger partial charge in [0.1, 0.15) is 12.4 Å². The van der Waals surface area contributed by atoms with Crippen LogP contribution in [0, 0.1) is 0 Å². The first-order chi connectivity index (χ1) is 8.65. The molecular formula is C14H19ClO3. The Labute approximate surface area is 113 Å². The minimum absolute atomic E-state index is 0.0468. The summed E-state index contributed by atoms with van der Waals surface area (Å²) in [5.41, 5.74) is 0.517. The summed E-state index contributed by atoms with van der Waals surface area (Å²) in [5, 5.41) is 0.423. The Bertz CT molecular complexity index is 391. The van der Waals surface area contributed by atoms with Crippen molar-refractivity contribution < 1.29 is 14.3 Å². The van der Waals surface area contributed by atoms with Crippen LogP contribution in [0.3, 0.4) is 0 Å². The second kappa shape index (κ2) is 8.11. The Hall–Kier alpha value is -1.06. The Kier molecular flexibility index (Phi) is 6.76. The molecule has 0 saturated carbocycles. The summed E-state index contributed by atoms with van der Waals surface area (Å²) in [6, 6.07) is 5.08. The van der Waals surface area contributed by atoms with Crippen LogP contribution in [0.15, 0.2) is 18.2 Å². The topological polar surface area (TPSA) is 35.5 Å². The molecule has 0 saturated heterocycles. The first kappa shape index (κ1) is 15.0. The molecule has 0 bridgehead atoms. The quantitative estimate of drug-likeness (QED) is 0.533. The van der Waals surface area contributed by atoms with Crippen LogP contribution < -0.4 is 4.74 Å². The molecule has 1 aromatic carbocycles. The Balaban J connectivity index is 2.35. The third-order valence-corrected chi connectivity index (χ3v) is 2.77. The van der Waals surface area contributed by atoms with Gasteiger partial charge in [-0.2, -0.15) is 0 Å². The first-order valence-electron chi connectivity index (χ1n) is 6.16. The van der Waals surface area contributed by atoms with Gasteiger partial charge in [-0.1, -0.05) is 24.9 Å². The van der Waals surface area contributed by atoms with Crippen molar-refractivity contribution in [1.29, 1.82) is 0 Å². The van der Waals surface area contributed by atoms with Gasteiger partial charge < -0.3 is 9.47 Å². The van der Waals surface area contributed by atoms with Crippen LogP contribution in [0.25, 0.3) is 0 Å². The molecule has 0 aromatic heterocycles. The predicted molar refractivity (Wildman–Crippen MR) is 72.7 cm³/mol. The lowest BCUT2D eigenvalue weighted by Crippen LogP contribution is -2.07. The minimum atomic E-state index is -0.0468. The van der Waals surface area contributed by atoms with Gasteiger partial charge in [-0.25, -0.2) is 0 Å². The van der Waals surface area contributed by atoms with E-state index in [0.29, 0.717) is 29.5 Å². The van der Waals surface area contributed by atoms with Crippen molar-refractivity contribution in [1.82, 2.24) is 0 Å². The van der Waals surface area contributed by atoms with Gasteiger partial charge in [0.15, 0.2) is 5.78 Å². The fraction of sp³-hybridized carbons (Fsp3) is 0.500. The zero-order valence-electron chi connectivity index (χ0n) is 10.9. The largest absolute Gasteiger partial charge is 0.491 e. The third kappa shape index (κ3) is 5.07. The standard InChI is InChI=1S/C14H19ClO3/c1-3-4-7-17-8-9-18-12-5-6-13(11(2)16)14(15)10-12/h5-6,10H,3-4,7-9H2,1-2H3. The van der Waals surface area contributed by atoms with E-state index in [1.807, 2.05) is 0 Å². The lowest BCUT2D eigenvalue weighted by Gasteiger charge is -2.08. The summed E-state index contributed by atoms with van der Waals surface area (Å²) in [6.07, 6.45) is 2.20. The van der Waals surface area contributed by atoms with Gasteiger partial charge in [0.05, 0.1) is 11.6 Å². The fourth-order valence-corrected chi connectivity index (χ4v) is 1.74. The molecule has 0 N–H and O–H groups in total. The Morgan fingerprint density at radius 2 is 2.06 bits per heavy atom. The van der Waals surface area contributed by atoms with Crippen LogP contribution in [-0.2, 0) is 4.74 Å². The van der Waals surface area contributed by atoms with Crippen LogP contribution in [-0.4, -0.2) is 25.6 Å². The highest BCUT2D eigenvalue weighted by atomic mass is 35.5. The van der Waals surface area contributed by atoms with Crippen LogP contribution >= 0.6 is 11.6 Å². The highest BCUT2D eigenvalue weighted by Gasteiger charge is 2.06. The number of ether oxygens (including phenoxy) is 2. The molecule has 1 aromatic rings. The number of benzene rings is 1. The molecule has 0 aliphatic heterocycles. The van der Waals surface area contributed by atoms with Crippen molar-refractivity contribution in [2.45, 2.75) is 26.7 Å². The van der Waals surface area contributed by atoms with E-state index in [1.165, 1.54) is 6.92 Å². The molecule has 3 nitrogen and oxygen atoms in total. The van der Waals surface area contributed by atoms with Crippen molar-refractivity contribution >= 4 is 17.4 Å². The van der Waals surface area contributed by atoms with Crippen LogP contribution in [0.5, 0.6) is 5.75 Å². The number of Topliss-reactive ketones (excluding diaryl/α,β-unsaturated/α-hetero) is 1. The lowest BCUT2D eigenvalue weighted by atomic mass is 10.1. The smallest absolute Gasteiger partial charge is 0.161 e. The van der Waals surface area contributed by atoms with Crippen molar-refractivity contribution in [2.24, 2.45) is 0 Å². The Morgan fingerprint density at radius 1 is 1.28 bits per heavy atom. The van der Waals surface area contributed by atoms with Crippen LogP contribution in [0.2, 0.25) is 5.02 Å². The molecule has 0 heterocycles. The SMILES string of the molecule is CCCCOCCOc1ccc(C(C)=O)c(Cl)c1. The number of unbranched alkanes of at least 4 members (excludes halogenated alkanes) is 1. The van der Waals surface area contributed by atoms with Gasteiger partial charge in [-0.3, -0.25) is 4.79 Å². The van der Waals surface area contributed by atoms with Gasteiger partial charge in [-0.05, 0) is 31.5 Å². The molecule has 18 heavy (non-hydrogen) atoms.